The Labute approximate surface area is 121 Å². The Balaban J connectivity index is 2.24. The molecule has 1 atom stereocenters. The zero-order valence-electron chi connectivity index (χ0n) is 10.4. The third-order valence-corrected chi connectivity index (χ3v) is 3.59. The topological polar surface area (TPSA) is 37.3 Å². The van der Waals surface area contributed by atoms with Crippen LogP contribution in [0.4, 0.5) is 0 Å². The summed E-state index contributed by atoms with van der Waals surface area (Å²) in [5, 5.41) is 8.82. The van der Waals surface area contributed by atoms with Crippen molar-refractivity contribution in [3.05, 3.63) is 60.2 Å². The van der Waals surface area contributed by atoms with Crippen LogP contribution in [0.25, 0.3) is 11.1 Å². The van der Waals surface area contributed by atoms with E-state index in [2.05, 4.69) is 40.2 Å². The van der Waals surface area contributed by atoms with Gasteiger partial charge in [-0.2, -0.15) is 0 Å². The van der Waals surface area contributed by atoms with Crippen LogP contribution in [0.1, 0.15) is 12.0 Å². The number of hydrogen-bond acceptors (Lipinski definition) is 1. The molecule has 98 valence electrons. The van der Waals surface area contributed by atoms with Crippen LogP contribution in [0, 0.1) is 0 Å². The van der Waals surface area contributed by atoms with Gasteiger partial charge in [0.25, 0.3) is 0 Å². The molecule has 0 aliphatic rings. The fourth-order valence-corrected chi connectivity index (χ4v) is 2.72. The Morgan fingerprint density at radius 2 is 1.68 bits per heavy atom. The Hall–Kier alpha value is -1.61. The molecule has 0 amide bonds. The highest BCUT2D eigenvalue weighted by molar-refractivity contribution is 9.09. The van der Waals surface area contributed by atoms with Crippen LogP contribution < -0.4 is 0 Å². The van der Waals surface area contributed by atoms with E-state index in [-0.39, 0.29) is 11.2 Å². The number of carboxylic acid groups (broad SMARTS) is 1. The van der Waals surface area contributed by atoms with E-state index in [1.54, 1.807) is 0 Å². The second kappa shape index (κ2) is 6.53. The summed E-state index contributed by atoms with van der Waals surface area (Å²) in [5.41, 5.74) is 3.49. The number of halogens is 1. The average Bonchev–Trinajstić information content (AvgIpc) is 2.39. The second-order valence-electron chi connectivity index (χ2n) is 4.42. The van der Waals surface area contributed by atoms with Gasteiger partial charge in [0, 0.05) is 4.83 Å². The zero-order chi connectivity index (χ0) is 13.7. The number of alkyl halides is 1. The molecule has 1 N–H and O–H groups in total. The minimum atomic E-state index is -0.779. The van der Waals surface area contributed by atoms with Crippen LogP contribution in [0.5, 0.6) is 0 Å². The Kier molecular flexibility index (Phi) is 4.74. The van der Waals surface area contributed by atoms with Crippen molar-refractivity contribution in [1.29, 1.82) is 0 Å². The smallest absolute Gasteiger partial charge is 0.304 e. The lowest BCUT2D eigenvalue weighted by molar-refractivity contribution is -0.136. The molecule has 1 unspecified atom stereocenters. The van der Waals surface area contributed by atoms with Gasteiger partial charge in [0.05, 0.1) is 6.42 Å². The van der Waals surface area contributed by atoms with Crippen LogP contribution in [0.3, 0.4) is 0 Å². The van der Waals surface area contributed by atoms with Gasteiger partial charge in [-0.05, 0) is 23.1 Å². The van der Waals surface area contributed by atoms with Crippen molar-refractivity contribution in [2.45, 2.75) is 17.7 Å². The summed E-state index contributed by atoms with van der Waals surface area (Å²) in [6.07, 6.45) is 0.834. The molecule has 0 spiro atoms. The molecule has 0 aromatic heterocycles. The monoisotopic (exact) mass is 318 g/mol. The summed E-state index contributed by atoms with van der Waals surface area (Å²) in [6.45, 7) is 0. The molecule has 3 heteroatoms. The molecule has 0 bridgehead atoms. The standard InChI is InChI=1S/C16H15BrO2/c17-14(11-16(18)19)10-13-8-4-5-9-15(13)12-6-2-1-3-7-12/h1-9,14H,10-11H2,(H,18,19). The van der Waals surface area contributed by atoms with Crippen molar-refractivity contribution < 1.29 is 9.90 Å². The van der Waals surface area contributed by atoms with E-state index in [0.717, 1.165) is 16.7 Å². The fourth-order valence-electron chi connectivity index (χ4n) is 2.10. The molecule has 0 heterocycles. The number of rotatable bonds is 5. The first-order valence-corrected chi connectivity index (χ1v) is 7.07. The fraction of sp³-hybridized carbons (Fsp3) is 0.188. The van der Waals surface area contributed by atoms with E-state index in [0.29, 0.717) is 6.42 Å². The van der Waals surface area contributed by atoms with Gasteiger partial charge in [0.1, 0.15) is 0 Å². The zero-order valence-corrected chi connectivity index (χ0v) is 12.0. The molecule has 2 nitrogen and oxygen atoms in total. The second-order valence-corrected chi connectivity index (χ2v) is 5.72. The third-order valence-electron chi connectivity index (χ3n) is 2.94. The molecule has 0 fully saturated rings. The number of aliphatic carboxylic acids is 1. The van der Waals surface area contributed by atoms with Crippen LogP contribution >= 0.6 is 15.9 Å². The summed E-state index contributed by atoms with van der Waals surface area (Å²) < 4.78 is 0. The van der Waals surface area contributed by atoms with E-state index >= 15 is 0 Å². The Morgan fingerprint density at radius 3 is 2.37 bits per heavy atom. The van der Waals surface area contributed by atoms with Gasteiger partial charge in [0.2, 0.25) is 0 Å². The number of hydrogen-bond donors (Lipinski definition) is 1. The van der Waals surface area contributed by atoms with E-state index < -0.39 is 5.97 Å². The van der Waals surface area contributed by atoms with Crippen molar-refractivity contribution in [3.8, 4) is 11.1 Å². The lowest BCUT2D eigenvalue weighted by atomic mass is 9.96. The van der Waals surface area contributed by atoms with Gasteiger partial charge in [-0.15, -0.1) is 0 Å². The SMILES string of the molecule is O=C(O)CC(Br)Cc1ccccc1-c1ccccc1. The highest BCUT2D eigenvalue weighted by atomic mass is 79.9. The van der Waals surface area contributed by atoms with Gasteiger partial charge < -0.3 is 5.11 Å². The molecular weight excluding hydrogens is 304 g/mol. The van der Waals surface area contributed by atoms with Crippen molar-refractivity contribution in [1.82, 2.24) is 0 Å². The number of benzene rings is 2. The van der Waals surface area contributed by atoms with Gasteiger partial charge in [-0.1, -0.05) is 70.5 Å². The molecule has 2 aromatic carbocycles. The van der Waals surface area contributed by atoms with Crippen LogP contribution in [-0.2, 0) is 11.2 Å². The predicted molar refractivity (Wildman–Crippen MR) is 80.5 cm³/mol. The first-order chi connectivity index (χ1) is 9.16. The van der Waals surface area contributed by atoms with Gasteiger partial charge in [-0.3, -0.25) is 4.79 Å². The minimum Gasteiger partial charge on any atom is -0.481 e. The Morgan fingerprint density at radius 1 is 1.05 bits per heavy atom. The van der Waals surface area contributed by atoms with Crippen LogP contribution in [0.15, 0.2) is 54.6 Å². The number of carbonyl (C=O) groups is 1. The summed E-state index contributed by atoms with van der Waals surface area (Å²) in [7, 11) is 0. The average molecular weight is 319 g/mol. The summed E-state index contributed by atoms with van der Waals surface area (Å²) in [6, 6.07) is 18.3. The Bertz CT molecular complexity index is 552. The minimum absolute atomic E-state index is 0.0464. The summed E-state index contributed by atoms with van der Waals surface area (Å²) >= 11 is 3.44. The highest BCUT2D eigenvalue weighted by Crippen LogP contribution is 2.26. The summed E-state index contributed by atoms with van der Waals surface area (Å²) in [5.74, 6) is -0.779. The highest BCUT2D eigenvalue weighted by Gasteiger charge is 2.13. The quantitative estimate of drug-likeness (QED) is 0.841. The molecule has 0 aliphatic carbocycles. The van der Waals surface area contributed by atoms with E-state index in [1.165, 1.54) is 0 Å². The van der Waals surface area contributed by atoms with Crippen molar-refractivity contribution in [2.75, 3.05) is 0 Å². The van der Waals surface area contributed by atoms with Crippen molar-refractivity contribution in [2.24, 2.45) is 0 Å². The lowest BCUT2D eigenvalue weighted by Gasteiger charge is -2.12. The number of carboxylic acids is 1. The molecule has 2 aromatic rings. The van der Waals surface area contributed by atoms with E-state index in [9.17, 15) is 4.79 Å². The van der Waals surface area contributed by atoms with Crippen molar-refractivity contribution >= 4 is 21.9 Å². The predicted octanol–water partition coefficient (Wildman–Crippen LogP) is 4.13. The maximum atomic E-state index is 10.7. The largest absolute Gasteiger partial charge is 0.481 e. The first kappa shape index (κ1) is 13.8. The maximum Gasteiger partial charge on any atom is 0.304 e. The van der Waals surface area contributed by atoms with Gasteiger partial charge in [0.15, 0.2) is 0 Å². The van der Waals surface area contributed by atoms with Gasteiger partial charge >= 0.3 is 5.97 Å². The van der Waals surface area contributed by atoms with Crippen LogP contribution in [0.2, 0.25) is 0 Å². The summed E-state index contributed by atoms with van der Waals surface area (Å²) in [4.78, 5) is 10.7. The first-order valence-electron chi connectivity index (χ1n) is 6.16. The molecule has 0 aliphatic heterocycles. The third kappa shape index (κ3) is 3.93. The molecule has 0 radical (unpaired) electrons. The van der Waals surface area contributed by atoms with E-state index in [4.69, 9.17) is 5.11 Å². The van der Waals surface area contributed by atoms with Crippen LogP contribution in [-0.4, -0.2) is 15.9 Å². The molecular formula is C16H15BrO2. The maximum absolute atomic E-state index is 10.7. The van der Waals surface area contributed by atoms with Crippen molar-refractivity contribution in [3.63, 3.8) is 0 Å². The molecule has 0 saturated heterocycles. The van der Waals surface area contributed by atoms with E-state index in [1.807, 2.05) is 30.3 Å². The molecule has 0 saturated carbocycles. The molecule has 2 rings (SSSR count). The lowest BCUT2D eigenvalue weighted by Crippen LogP contribution is -2.10. The van der Waals surface area contributed by atoms with Gasteiger partial charge in [-0.25, -0.2) is 0 Å². The normalized spacial score (nSPS) is 12.1. The molecule has 19 heavy (non-hydrogen) atoms.